The Morgan fingerprint density at radius 2 is 1.95 bits per heavy atom. The fourth-order valence-corrected chi connectivity index (χ4v) is 3.28. The third kappa shape index (κ3) is 3.93. The molecule has 0 aliphatic carbocycles. The molecule has 21 heavy (non-hydrogen) atoms. The van der Waals surface area contributed by atoms with E-state index in [4.69, 9.17) is 0 Å². The number of rotatable bonds is 7. The van der Waals surface area contributed by atoms with Crippen LogP contribution in [-0.2, 0) is 23.0 Å². The van der Waals surface area contributed by atoms with Gasteiger partial charge in [-0.05, 0) is 25.1 Å². The van der Waals surface area contributed by atoms with Gasteiger partial charge < -0.3 is 10.3 Å². The molecule has 0 saturated heterocycles. The Bertz CT molecular complexity index is 665. The van der Waals surface area contributed by atoms with Crippen LogP contribution in [-0.4, -0.2) is 38.3 Å². The summed E-state index contributed by atoms with van der Waals surface area (Å²) in [6.07, 6.45) is 2.24. The zero-order valence-corrected chi connectivity index (χ0v) is 13.2. The second-order valence-electron chi connectivity index (χ2n) is 4.95. The van der Waals surface area contributed by atoms with Gasteiger partial charge in [-0.3, -0.25) is 0 Å². The number of sulfonamides is 1. The summed E-state index contributed by atoms with van der Waals surface area (Å²) in [6, 6.07) is 11.5. The first-order valence-corrected chi connectivity index (χ1v) is 8.30. The van der Waals surface area contributed by atoms with Crippen molar-refractivity contribution in [2.24, 2.45) is 0 Å². The number of likely N-dealkylation sites (N-methyl/N-ethyl adjacent to an activating group) is 1. The van der Waals surface area contributed by atoms with E-state index in [1.54, 1.807) is 19.3 Å². The van der Waals surface area contributed by atoms with Gasteiger partial charge >= 0.3 is 0 Å². The molecule has 2 N–H and O–H groups in total. The summed E-state index contributed by atoms with van der Waals surface area (Å²) in [5.74, 6) is 0. The van der Waals surface area contributed by atoms with Crippen molar-refractivity contribution in [3.63, 3.8) is 0 Å². The van der Waals surface area contributed by atoms with Crippen molar-refractivity contribution >= 4 is 10.0 Å². The molecule has 0 unspecified atom stereocenters. The molecule has 0 saturated carbocycles. The number of hydrogen-bond acceptors (Lipinski definition) is 3. The molecule has 114 valence electrons. The van der Waals surface area contributed by atoms with Crippen LogP contribution in [0.5, 0.6) is 0 Å². The van der Waals surface area contributed by atoms with E-state index in [0.29, 0.717) is 24.4 Å². The SMILES string of the molecule is CNCc1cc(S(=O)(=O)N(C)CCc2ccccc2)c[nH]1. The van der Waals surface area contributed by atoms with Gasteiger partial charge in [-0.1, -0.05) is 30.3 Å². The average molecular weight is 307 g/mol. The fourth-order valence-electron chi connectivity index (χ4n) is 2.09. The molecule has 0 atom stereocenters. The first-order chi connectivity index (χ1) is 10.0. The molecule has 1 heterocycles. The van der Waals surface area contributed by atoms with Crippen LogP contribution < -0.4 is 5.32 Å². The summed E-state index contributed by atoms with van der Waals surface area (Å²) in [4.78, 5) is 3.28. The number of benzene rings is 1. The maximum atomic E-state index is 12.5. The second-order valence-corrected chi connectivity index (χ2v) is 7.00. The molecule has 6 heteroatoms. The minimum absolute atomic E-state index is 0.309. The van der Waals surface area contributed by atoms with E-state index in [-0.39, 0.29) is 0 Å². The van der Waals surface area contributed by atoms with E-state index in [2.05, 4.69) is 10.3 Å². The number of hydrogen-bond donors (Lipinski definition) is 2. The third-order valence-electron chi connectivity index (χ3n) is 3.35. The monoisotopic (exact) mass is 307 g/mol. The Balaban J connectivity index is 2.04. The Kier molecular flexibility index (Phi) is 5.17. The van der Waals surface area contributed by atoms with Crippen molar-refractivity contribution in [2.45, 2.75) is 17.9 Å². The minimum atomic E-state index is -3.43. The van der Waals surface area contributed by atoms with Crippen LogP contribution in [0.2, 0.25) is 0 Å². The summed E-state index contributed by atoms with van der Waals surface area (Å²) in [7, 11) is 0.00223. The summed E-state index contributed by atoms with van der Waals surface area (Å²) in [6.45, 7) is 1.07. The predicted octanol–water partition coefficient (Wildman–Crippen LogP) is 1.60. The van der Waals surface area contributed by atoms with Gasteiger partial charge in [-0.2, -0.15) is 0 Å². The van der Waals surface area contributed by atoms with Gasteiger partial charge in [-0.25, -0.2) is 12.7 Å². The topological polar surface area (TPSA) is 65.2 Å². The molecule has 0 amide bonds. The summed E-state index contributed by atoms with van der Waals surface area (Å²) in [5, 5.41) is 2.98. The van der Waals surface area contributed by atoms with Gasteiger partial charge in [0.15, 0.2) is 0 Å². The van der Waals surface area contributed by atoms with Gasteiger partial charge in [0.05, 0.1) is 4.90 Å². The van der Waals surface area contributed by atoms with Crippen molar-refractivity contribution in [3.8, 4) is 0 Å². The maximum absolute atomic E-state index is 12.5. The highest BCUT2D eigenvalue weighted by Crippen LogP contribution is 2.16. The summed E-state index contributed by atoms with van der Waals surface area (Å²) in [5.41, 5.74) is 1.98. The first-order valence-electron chi connectivity index (χ1n) is 6.86. The number of nitrogens with one attached hydrogen (secondary N) is 2. The lowest BCUT2D eigenvalue weighted by molar-refractivity contribution is 0.472. The van der Waals surface area contributed by atoms with E-state index >= 15 is 0 Å². The van der Waals surface area contributed by atoms with Crippen LogP contribution in [0.4, 0.5) is 0 Å². The van der Waals surface area contributed by atoms with E-state index in [9.17, 15) is 8.42 Å². The molecular weight excluding hydrogens is 286 g/mol. The van der Waals surface area contributed by atoms with Gasteiger partial charge in [0.1, 0.15) is 0 Å². The zero-order chi connectivity index (χ0) is 15.3. The standard InChI is InChI=1S/C15H21N3O2S/c1-16-11-14-10-15(12-17-14)21(19,20)18(2)9-8-13-6-4-3-5-7-13/h3-7,10,12,16-17H,8-9,11H2,1-2H3. The largest absolute Gasteiger partial charge is 0.363 e. The van der Waals surface area contributed by atoms with Crippen LogP contribution in [0.15, 0.2) is 47.5 Å². The Morgan fingerprint density at radius 1 is 1.24 bits per heavy atom. The fraction of sp³-hybridized carbons (Fsp3) is 0.333. The van der Waals surface area contributed by atoms with E-state index in [1.807, 2.05) is 37.4 Å². The van der Waals surface area contributed by atoms with Crippen LogP contribution in [0, 0.1) is 0 Å². The average Bonchev–Trinajstić information content (AvgIpc) is 2.95. The summed E-state index contributed by atoms with van der Waals surface area (Å²) >= 11 is 0. The van der Waals surface area contributed by atoms with E-state index in [1.165, 1.54) is 4.31 Å². The smallest absolute Gasteiger partial charge is 0.244 e. The number of H-pyrrole nitrogens is 1. The molecule has 0 aliphatic heterocycles. The molecular formula is C15H21N3O2S. The van der Waals surface area contributed by atoms with Crippen molar-refractivity contribution in [1.82, 2.24) is 14.6 Å². The van der Waals surface area contributed by atoms with Crippen LogP contribution in [0.25, 0.3) is 0 Å². The van der Waals surface area contributed by atoms with Crippen molar-refractivity contribution in [2.75, 3.05) is 20.6 Å². The molecule has 0 spiro atoms. The zero-order valence-electron chi connectivity index (χ0n) is 12.3. The van der Waals surface area contributed by atoms with Crippen molar-refractivity contribution in [1.29, 1.82) is 0 Å². The molecule has 5 nitrogen and oxygen atoms in total. The lowest BCUT2D eigenvalue weighted by Gasteiger charge is -2.16. The molecule has 2 rings (SSSR count). The van der Waals surface area contributed by atoms with Gasteiger partial charge in [0, 0.05) is 32.0 Å². The Labute approximate surface area is 126 Å². The van der Waals surface area contributed by atoms with Crippen LogP contribution in [0.3, 0.4) is 0 Å². The highest BCUT2D eigenvalue weighted by Gasteiger charge is 2.21. The van der Waals surface area contributed by atoms with Crippen LogP contribution >= 0.6 is 0 Å². The highest BCUT2D eigenvalue weighted by molar-refractivity contribution is 7.89. The Hall–Kier alpha value is -1.63. The predicted molar refractivity (Wildman–Crippen MR) is 83.5 cm³/mol. The number of aromatic amines is 1. The van der Waals surface area contributed by atoms with Gasteiger partial charge in [-0.15, -0.1) is 0 Å². The second kappa shape index (κ2) is 6.89. The lowest BCUT2D eigenvalue weighted by atomic mass is 10.2. The molecule has 1 aromatic heterocycles. The van der Waals surface area contributed by atoms with E-state index in [0.717, 1.165) is 11.3 Å². The molecule has 0 fully saturated rings. The lowest BCUT2D eigenvalue weighted by Crippen LogP contribution is -2.28. The molecule has 2 aromatic rings. The maximum Gasteiger partial charge on any atom is 0.244 e. The van der Waals surface area contributed by atoms with Gasteiger partial charge in [0.25, 0.3) is 0 Å². The first kappa shape index (κ1) is 15.8. The number of aromatic nitrogens is 1. The number of nitrogens with zero attached hydrogens (tertiary/aromatic N) is 1. The quantitative estimate of drug-likeness (QED) is 0.816. The van der Waals surface area contributed by atoms with Crippen molar-refractivity contribution in [3.05, 3.63) is 53.9 Å². The third-order valence-corrected chi connectivity index (χ3v) is 5.18. The van der Waals surface area contributed by atoms with E-state index < -0.39 is 10.0 Å². The molecule has 0 aliphatic rings. The Morgan fingerprint density at radius 3 is 2.62 bits per heavy atom. The highest BCUT2D eigenvalue weighted by atomic mass is 32.2. The molecule has 0 bridgehead atoms. The summed E-state index contributed by atoms with van der Waals surface area (Å²) < 4.78 is 26.3. The van der Waals surface area contributed by atoms with Crippen LogP contribution in [0.1, 0.15) is 11.3 Å². The minimum Gasteiger partial charge on any atom is -0.363 e. The van der Waals surface area contributed by atoms with Crippen molar-refractivity contribution < 1.29 is 8.42 Å². The normalized spacial score (nSPS) is 12.0. The van der Waals surface area contributed by atoms with Gasteiger partial charge in [0.2, 0.25) is 10.0 Å². The molecule has 0 radical (unpaired) electrons. The molecule has 1 aromatic carbocycles.